The molecule has 1 heterocycles. The van der Waals surface area contributed by atoms with Crippen molar-refractivity contribution in [1.29, 1.82) is 0 Å². The number of amides is 1. The van der Waals surface area contributed by atoms with Gasteiger partial charge in [-0.05, 0) is 45.8 Å². The molecule has 0 spiro atoms. The predicted octanol–water partition coefficient (Wildman–Crippen LogP) is 3.10. The van der Waals surface area contributed by atoms with Crippen LogP contribution in [0.25, 0.3) is 0 Å². The molecule has 0 unspecified atom stereocenters. The molecule has 1 N–H and O–H groups in total. The van der Waals surface area contributed by atoms with Gasteiger partial charge in [-0.25, -0.2) is 10.4 Å². The van der Waals surface area contributed by atoms with Crippen molar-refractivity contribution >= 4 is 39.8 Å². The van der Waals surface area contributed by atoms with E-state index in [4.69, 9.17) is 9.47 Å². The van der Waals surface area contributed by atoms with Gasteiger partial charge in [-0.2, -0.15) is 5.10 Å². The van der Waals surface area contributed by atoms with E-state index >= 15 is 0 Å². The first-order chi connectivity index (χ1) is 11.6. The summed E-state index contributed by atoms with van der Waals surface area (Å²) in [7, 11) is 3.12. The van der Waals surface area contributed by atoms with Crippen molar-refractivity contribution in [2.75, 3.05) is 20.0 Å². The Morgan fingerprint density at radius 2 is 2.21 bits per heavy atom. The predicted molar refractivity (Wildman–Crippen MR) is 97.9 cm³/mol. The van der Waals surface area contributed by atoms with Crippen LogP contribution in [0.3, 0.4) is 0 Å². The maximum Gasteiger partial charge on any atom is 0.250 e. The van der Waals surface area contributed by atoms with Gasteiger partial charge in [0.25, 0.3) is 0 Å². The molecule has 8 heteroatoms. The zero-order valence-corrected chi connectivity index (χ0v) is 15.6. The number of hydrogen-bond donors (Lipinski definition) is 1. The molecule has 2 aromatic rings. The largest absolute Gasteiger partial charge is 0.493 e. The van der Waals surface area contributed by atoms with Gasteiger partial charge in [-0.1, -0.05) is 17.8 Å². The van der Waals surface area contributed by atoms with E-state index in [0.29, 0.717) is 11.5 Å². The lowest BCUT2D eigenvalue weighted by Gasteiger charge is -2.10. The fraction of sp³-hybridized carbons (Fsp3) is 0.188. The number of hydrogen-bond acceptors (Lipinski definition) is 6. The summed E-state index contributed by atoms with van der Waals surface area (Å²) in [4.78, 5) is 15.9. The van der Waals surface area contributed by atoms with Crippen LogP contribution in [0.2, 0.25) is 0 Å². The topological polar surface area (TPSA) is 72.8 Å². The van der Waals surface area contributed by atoms with Gasteiger partial charge in [0, 0.05) is 6.20 Å². The molecule has 6 nitrogen and oxygen atoms in total. The summed E-state index contributed by atoms with van der Waals surface area (Å²) in [6, 6.07) is 9.14. The van der Waals surface area contributed by atoms with E-state index in [0.717, 1.165) is 15.1 Å². The van der Waals surface area contributed by atoms with Gasteiger partial charge >= 0.3 is 0 Å². The van der Waals surface area contributed by atoms with Crippen molar-refractivity contribution in [2.45, 2.75) is 5.03 Å². The number of ether oxygens (including phenoxy) is 2. The summed E-state index contributed by atoms with van der Waals surface area (Å²) in [6.07, 6.45) is 3.23. The van der Waals surface area contributed by atoms with Crippen LogP contribution in [0.4, 0.5) is 0 Å². The molecule has 2 rings (SSSR count). The van der Waals surface area contributed by atoms with Crippen LogP contribution in [0, 0.1) is 0 Å². The van der Waals surface area contributed by atoms with E-state index < -0.39 is 0 Å². The van der Waals surface area contributed by atoms with Crippen molar-refractivity contribution in [3.05, 3.63) is 46.6 Å². The Labute approximate surface area is 152 Å². The monoisotopic (exact) mass is 409 g/mol. The van der Waals surface area contributed by atoms with Crippen LogP contribution >= 0.6 is 27.7 Å². The van der Waals surface area contributed by atoms with Crippen molar-refractivity contribution in [3.8, 4) is 11.5 Å². The number of hydrazone groups is 1. The average Bonchev–Trinajstić information content (AvgIpc) is 2.60. The maximum absolute atomic E-state index is 11.8. The number of nitrogens with zero attached hydrogens (tertiary/aromatic N) is 2. The first-order valence-corrected chi connectivity index (χ1v) is 8.69. The van der Waals surface area contributed by atoms with Gasteiger partial charge in [0.1, 0.15) is 0 Å². The summed E-state index contributed by atoms with van der Waals surface area (Å²) in [5.74, 6) is 1.21. The molecule has 24 heavy (non-hydrogen) atoms. The highest BCUT2D eigenvalue weighted by Crippen LogP contribution is 2.35. The van der Waals surface area contributed by atoms with Crippen molar-refractivity contribution in [3.63, 3.8) is 0 Å². The lowest BCUT2D eigenvalue weighted by atomic mass is 10.2. The second-order valence-electron chi connectivity index (χ2n) is 4.49. The van der Waals surface area contributed by atoms with Gasteiger partial charge < -0.3 is 9.47 Å². The minimum absolute atomic E-state index is 0.207. The summed E-state index contributed by atoms with van der Waals surface area (Å²) in [5, 5.41) is 4.74. The highest BCUT2D eigenvalue weighted by atomic mass is 79.9. The number of carbonyl (C=O) groups is 1. The van der Waals surface area contributed by atoms with Crippen LogP contribution in [0.15, 0.2) is 51.1 Å². The number of benzene rings is 1. The third-order valence-corrected chi connectivity index (χ3v) is 4.38. The molecule has 1 aromatic carbocycles. The Balaban J connectivity index is 1.91. The van der Waals surface area contributed by atoms with Gasteiger partial charge in [-0.15, -0.1) is 0 Å². The lowest BCUT2D eigenvalue weighted by Crippen LogP contribution is -2.19. The summed E-state index contributed by atoms with van der Waals surface area (Å²) in [6.45, 7) is 0. The number of aromatic nitrogens is 1. The number of halogens is 1. The minimum atomic E-state index is -0.207. The lowest BCUT2D eigenvalue weighted by molar-refractivity contribution is -0.118. The quantitative estimate of drug-likeness (QED) is 0.432. The molecule has 1 amide bonds. The molecule has 0 aliphatic rings. The normalized spacial score (nSPS) is 10.6. The SMILES string of the molecule is COc1cc(/C=N\NC(=O)CSc2ccccn2)cc(Br)c1OC. The second kappa shape index (κ2) is 9.29. The molecular weight excluding hydrogens is 394 g/mol. The first-order valence-electron chi connectivity index (χ1n) is 6.91. The van der Waals surface area contributed by atoms with Gasteiger partial charge in [-0.3, -0.25) is 4.79 Å². The summed E-state index contributed by atoms with van der Waals surface area (Å²) < 4.78 is 11.2. The Kier molecular flexibility index (Phi) is 7.07. The molecule has 0 atom stereocenters. The number of thioether (sulfide) groups is 1. The average molecular weight is 410 g/mol. The van der Waals surface area contributed by atoms with Crippen LogP contribution < -0.4 is 14.9 Å². The molecule has 0 saturated heterocycles. The molecule has 0 bridgehead atoms. The van der Waals surface area contributed by atoms with Crippen molar-refractivity contribution in [1.82, 2.24) is 10.4 Å². The number of pyridine rings is 1. The zero-order valence-electron chi connectivity index (χ0n) is 13.2. The van der Waals surface area contributed by atoms with Crippen LogP contribution in [0.1, 0.15) is 5.56 Å². The Bertz CT molecular complexity index is 726. The Morgan fingerprint density at radius 3 is 2.88 bits per heavy atom. The number of nitrogens with one attached hydrogen (secondary N) is 1. The maximum atomic E-state index is 11.8. The van der Waals surface area contributed by atoms with E-state index in [2.05, 4.69) is 31.4 Å². The third kappa shape index (κ3) is 5.24. The zero-order chi connectivity index (χ0) is 17.4. The van der Waals surface area contributed by atoms with E-state index in [1.165, 1.54) is 18.0 Å². The molecular formula is C16H16BrN3O3S. The van der Waals surface area contributed by atoms with E-state index in [9.17, 15) is 4.79 Å². The molecule has 0 saturated carbocycles. The van der Waals surface area contributed by atoms with Crippen molar-refractivity contribution in [2.24, 2.45) is 5.10 Å². The first kappa shape index (κ1) is 18.3. The van der Waals surface area contributed by atoms with Crippen LogP contribution in [-0.2, 0) is 4.79 Å². The van der Waals surface area contributed by atoms with Crippen LogP contribution in [0.5, 0.6) is 11.5 Å². The van der Waals surface area contributed by atoms with E-state index in [1.807, 2.05) is 24.3 Å². The molecule has 0 radical (unpaired) electrons. The second-order valence-corrected chi connectivity index (χ2v) is 6.34. The molecule has 0 aliphatic heterocycles. The van der Waals surface area contributed by atoms with Crippen LogP contribution in [-0.4, -0.2) is 37.1 Å². The van der Waals surface area contributed by atoms with Crippen molar-refractivity contribution < 1.29 is 14.3 Å². The number of rotatable bonds is 7. The minimum Gasteiger partial charge on any atom is -0.493 e. The summed E-state index contributed by atoms with van der Waals surface area (Å²) in [5.41, 5.74) is 3.24. The number of methoxy groups -OCH3 is 2. The van der Waals surface area contributed by atoms with E-state index in [1.54, 1.807) is 26.5 Å². The van der Waals surface area contributed by atoms with Gasteiger partial charge in [0.2, 0.25) is 5.91 Å². The highest BCUT2D eigenvalue weighted by molar-refractivity contribution is 9.10. The Morgan fingerprint density at radius 1 is 1.38 bits per heavy atom. The molecule has 0 fully saturated rings. The summed E-state index contributed by atoms with van der Waals surface area (Å²) >= 11 is 4.75. The fourth-order valence-electron chi connectivity index (χ4n) is 1.80. The molecule has 0 aliphatic carbocycles. The van der Waals surface area contributed by atoms with Gasteiger partial charge in [0.15, 0.2) is 11.5 Å². The van der Waals surface area contributed by atoms with E-state index in [-0.39, 0.29) is 11.7 Å². The Hall–Kier alpha value is -2.06. The molecule has 1 aromatic heterocycles. The smallest absolute Gasteiger partial charge is 0.250 e. The highest BCUT2D eigenvalue weighted by Gasteiger charge is 2.09. The third-order valence-electron chi connectivity index (χ3n) is 2.85. The molecule has 126 valence electrons. The fourth-order valence-corrected chi connectivity index (χ4v) is 3.07. The van der Waals surface area contributed by atoms with Gasteiger partial charge in [0.05, 0.1) is 35.7 Å². The standard InChI is InChI=1S/C16H16BrN3O3S/c1-22-13-8-11(7-12(17)16(13)23-2)9-19-20-14(21)10-24-15-5-3-4-6-18-15/h3-9H,10H2,1-2H3,(H,20,21)/b19-9-. The number of carbonyl (C=O) groups excluding carboxylic acids is 1.